The fourth-order valence-corrected chi connectivity index (χ4v) is 2.36. The Morgan fingerprint density at radius 1 is 0.682 bits per heavy atom. The van der Waals surface area contributed by atoms with Crippen LogP contribution in [0.4, 0.5) is 0 Å². The zero-order valence-corrected chi connectivity index (χ0v) is 14.6. The highest BCUT2D eigenvalue weighted by atomic mass is 16.5. The summed E-state index contributed by atoms with van der Waals surface area (Å²) in [7, 11) is 0. The number of hydrogen-bond donors (Lipinski definition) is 0. The SMILES string of the molecule is CCCC(CCC)OC(=O)/C=C/C(=O)OC(CCC)CCC. The number of carbonyl (C=O) groups excluding carboxylic acids is 2. The Morgan fingerprint density at radius 2 is 0.955 bits per heavy atom. The van der Waals surface area contributed by atoms with Crippen LogP contribution in [0.25, 0.3) is 0 Å². The van der Waals surface area contributed by atoms with Crippen LogP contribution in [0, 0.1) is 0 Å². The van der Waals surface area contributed by atoms with Crippen LogP contribution < -0.4 is 0 Å². The van der Waals surface area contributed by atoms with E-state index in [1.54, 1.807) is 0 Å². The van der Waals surface area contributed by atoms with Gasteiger partial charge < -0.3 is 9.47 Å². The molecule has 0 aromatic carbocycles. The topological polar surface area (TPSA) is 52.6 Å². The maximum absolute atomic E-state index is 11.7. The summed E-state index contributed by atoms with van der Waals surface area (Å²) in [5, 5.41) is 0. The fraction of sp³-hybridized carbons (Fsp3) is 0.778. The normalized spacial score (nSPS) is 11.4. The molecule has 128 valence electrons. The zero-order valence-electron chi connectivity index (χ0n) is 14.6. The largest absolute Gasteiger partial charge is 0.459 e. The molecule has 4 heteroatoms. The molecule has 0 saturated carbocycles. The van der Waals surface area contributed by atoms with Gasteiger partial charge in [0.1, 0.15) is 12.2 Å². The molecule has 0 spiro atoms. The van der Waals surface area contributed by atoms with Gasteiger partial charge in [0.05, 0.1) is 0 Å². The van der Waals surface area contributed by atoms with Crippen LogP contribution in [0.1, 0.15) is 79.1 Å². The number of rotatable bonds is 12. The molecule has 0 saturated heterocycles. The van der Waals surface area contributed by atoms with Gasteiger partial charge in [-0.05, 0) is 25.7 Å². The van der Waals surface area contributed by atoms with Crippen LogP contribution in [0.15, 0.2) is 12.2 Å². The van der Waals surface area contributed by atoms with Crippen LogP contribution in [0.2, 0.25) is 0 Å². The van der Waals surface area contributed by atoms with Gasteiger partial charge in [-0.2, -0.15) is 0 Å². The van der Waals surface area contributed by atoms with Gasteiger partial charge in [-0.15, -0.1) is 0 Å². The Hall–Kier alpha value is -1.32. The maximum atomic E-state index is 11.7. The number of esters is 2. The molecule has 0 rings (SSSR count). The summed E-state index contributed by atoms with van der Waals surface area (Å²) in [6.07, 6.45) is 9.54. The van der Waals surface area contributed by atoms with Crippen molar-refractivity contribution >= 4 is 11.9 Å². The first-order chi connectivity index (χ1) is 10.6. The number of carbonyl (C=O) groups is 2. The van der Waals surface area contributed by atoms with E-state index in [0.717, 1.165) is 51.4 Å². The molecule has 0 aromatic heterocycles. The molecular formula is C18H32O4. The minimum Gasteiger partial charge on any atom is -0.459 e. The summed E-state index contributed by atoms with van der Waals surface area (Å²) >= 11 is 0. The third kappa shape index (κ3) is 10.4. The molecule has 0 amide bonds. The molecule has 0 atom stereocenters. The van der Waals surface area contributed by atoms with Gasteiger partial charge >= 0.3 is 11.9 Å². The molecule has 4 nitrogen and oxygen atoms in total. The summed E-state index contributed by atoms with van der Waals surface area (Å²) in [5.74, 6) is -0.933. The average molecular weight is 312 g/mol. The lowest BCUT2D eigenvalue weighted by Gasteiger charge is -2.16. The average Bonchev–Trinajstić information content (AvgIpc) is 2.46. The van der Waals surface area contributed by atoms with Crippen molar-refractivity contribution in [2.75, 3.05) is 0 Å². The minimum absolute atomic E-state index is 0.0592. The van der Waals surface area contributed by atoms with Crippen molar-refractivity contribution in [3.8, 4) is 0 Å². The molecule has 0 unspecified atom stereocenters. The Bertz CT molecular complexity index is 292. The van der Waals surface area contributed by atoms with E-state index in [-0.39, 0.29) is 12.2 Å². The maximum Gasteiger partial charge on any atom is 0.331 e. The summed E-state index contributed by atoms with van der Waals surface area (Å²) in [6.45, 7) is 8.24. The lowest BCUT2D eigenvalue weighted by molar-refractivity contribution is -0.146. The number of ether oxygens (including phenoxy) is 2. The summed E-state index contributed by atoms with van der Waals surface area (Å²) in [5.41, 5.74) is 0. The summed E-state index contributed by atoms with van der Waals surface area (Å²) < 4.78 is 10.7. The van der Waals surface area contributed by atoms with E-state index < -0.39 is 11.9 Å². The molecule has 22 heavy (non-hydrogen) atoms. The predicted molar refractivity (Wildman–Crippen MR) is 88.5 cm³/mol. The highest BCUT2D eigenvalue weighted by Crippen LogP contribution is 2.11. The molecular weight excluding hydrogens is 280 g/mol. The highest BCUT2D eigenvalue weighted by molar-refractivity contribution is 5.91. The fourth-order valence-electron chi connectivity index (χ4n) is 2.36. The first-order valence-corrected chi connectivity index (χ1v) is 8.66. The van der Waals surface area contributed by atoms with Gasteiger partial charge in [-0.1, -0.05) is 53.4 Å². The molecule has 0 aromatic rings. The van der Waals surface area contributed by atoms with Crippen LogP contribution in [0.5, 0.6) is 0 Å². The Kier molecular flexibility index (Phi) is 12.5. The van der Waals surface area contributed by atoms with Gasteiger partial charge in [0.2, 0.25) is 0 Å². The van der Waals surface area contributed by atoms with E-state index >= 15 is 0 Å². The Labute approximate surface area is 135 Å². The first-order valence-electron chi connectivity index (χ1n) is 8.66. The first kappa shape index (κ1) is 20.7. The highest BCUT2D eigenvalue weighted by Gasteiger charge is 2.13. The van der Waals surface area contributed by atoms with E-state index in [4.69, 9.17) is 9.47 Å². The standard InChI is InChI=1S/C18H32O4/c1-5-9-15(10-6-2)21-17(19)13-14-18(20)22-16(11-7-3)12-8-4/h13-16H,5-12H2,1-4H3/b14-13+. The summed E-state index contributed by atoms with van der Waals surface area (Å²) in [6, 6.07) is 0. The third-order valence-electron chi connectivity index (χ3n) is 3.36. The quantitative estimate of drug-likeness (QED) is 0.391. The van der Waals surface area contributed by atoms with Crippen LogP contribution in [-0.4, -0.2) is 24.1 Å². The second kappa shape index (κ2) is 13.4. The molecule has 0 aliphatic rings. The molecule has 0 radical (unpaired) electrons. The van der Waals surface area contributed by atoms with E-state index in [2.05, 4.69) is 27.7 Å². The number of hydrogen-bond acceptors (Lipinski definition) is 4. The van der Waals surface area contributed by atoms with Crippen LogP contribution in [0.3, 0.4) is 0 Å². The monoisotopic (exact) mass is 312 g/mol. The third-order valence-corrected chi connectivity index (χ3v) is 3.36. The lowest BCUT2D eigenvalue weighted by Crippen LogP contribution is -2.18. The minimum atomic E-state index is -0.466. The van der Waals surface area contributed by atoms with Crippen molar-refractivity contribution in [1.82, 2.24) is 0 Å². The second-order valence-corrected chi connectivity index (χ2v) is 5.61. The van der Waals surface area contributed by atoms with Gasteiger partial charge in [0.25, 0.3) is 0 Å². The molecule has 0 N–H and O–H groups in total. The van der Waals surface area contributed by atoms with Crippen molar-refractivity contribution in [3.63, 3.8) is 0 Å². The van der Waals surface area contributed by atoms with Crippen molar-refractivity contribution in [1.29, 1.82) is 0 Å². The zero-order chi connectivity index (χ0) is 16.8. The van der Waals surface area contributed by atoms with Crippen LogP contribution in [-0.2, 0) is 19.1 Å². The predicted octanol–water partition coefficient (Wildman–Crippen LogP) is 4.57. The van der Waals surface area contributed by atoms with Crippen molar-refractivity contribution in [2.24, 2.45) is 0 Å². The van der Waals surface area contributed by atoms with Gasteiger partial charge in [-0.3, -0.25) is 0 Å². The van der Waals surface area contributed by atoms with Crippen LogP contribution >= 0.6 is 0 Å². The van der Waals surface area contributed by atoms with E-state index in [1.807, 2.05) is 0 Å². The van der Waals surface area contributed by atoms with E-state index in [0.29, 0.717) is 0 Å². The van der Waals surface area contributed by atoms with Gasteiger partial charge in [0, 0.05) is 12.2 Å². The molecule has 0 fully saturated rings. The smallest absolute Gasteiger partial charge is 0.331 e. The second-order valence-electron chi connectivity index (χ2n) is 5.61. The molecule has 0 aliphatic heterocycles. The van der Waals surface area contributed by atoms with Crippen molar-refractivity contribution in [3.05, 3.63) is 12.2 Å². The lowest BCUT2D eigenvalue weighted by atomic mass is 10.1. The molecule has 0 heterocycles. The van der Waals surface area contributed by atoms with Gasteiger partial charge in [0.15, 0.2) is 0 Å². The Morgan fingerprint density at radius 3 is 1.18 bits per heavy atom. The molecule has 0 aliphatic carbocycles. The van der Waals surface area contributed by atoms with Crippen molar-refractivity contribution < 1.29 is 19.1 Å². The summed E-state index contributed by atoms with van der Waals surface area (Å²) in [4.78, 5) is 23.5. The van der Waals surface area contributed by atoms with Crippen molar-refractivity contribution in [2.45, 2.75) is 91.3 Å². The van der Waals surface area contributed by atoms with E-state index in [1.165, 1.54) is 12.2 Å². The van der Waals surface area contributed by atoms with E-state index in [9.17, 15) is 9.59 Å². The molecule has 0 bridgehead atoms. The van der Waals surface area contributed by atoms with Gasteiger partial charge in [-0.25, -0.2) is 9.59 Å². The Balaban J connectivity index is 4.30.